The fraction of sp³-hybridized carbons (Fsp3) is 0.444. The van der Waals surface area contributed by atoms with E-state index >= 15 is 0 Å². The maximum absolute atomic E-state index is 12.2. The van der Waals surface area contributed by atoms with E-state index in [9.17, 15) is 19.5 Å². The normalized spacial score (nSPS) is 13.5. The van der Waals surface area contributed by atoms with E-state index in [-0.39, 0.29) is 44.2 Å². The zero-order valence-corrected chi connectivity index (χ0v) is 20.5. The van der Waals surface area contributed by atoms with Gasteiger partial charge in [-0.2, -0.15) is 0 Å². The van der Waals surface area contributed by atoms with E-state index in [1.807, 2.05) is 45.0 Å². The molecule has 8 heteroatoms. The van der Waals surface area contributed by atoms with Crippen molar-refractivity contribution in [2.75, 3.05) is 32.9 Å². The lowest BCUT2D eigenvalue weighted by Crippen LogP contribution is -2.37. The topological polar surface area (TPSA) is 114 Å². The molecule has 2 aromatic rings. The van der Waals surface area contributed by atoms with Crippen LogP contribution in [0.25, 0.3) is 11.1 Å². The fourth-order valence-electron chi connectivity index (χ4n) is 4.31. The van der Waals surface area contributed by atoms with Crippen molar-refractivity contribution in [3.05, 3.63) is 59.7 Å². The van der Waals surface area contributed by atoms with Crippen molar-refractivity contribution >= 4 is 18.0 Å². The van der Waals surface area contributed by atoms with Gasteiger partial charge in [0, 0.05) is 19.0 Å². The Balaban J connectivity index is 1.34. The lowest BCUT2D eigenvalue weighted by Gasteiger charge is -2.23. The van der Waals surface area contributed by atoms with Crippen LogP contribution >= 0.6 is 0 Å². The molecular formula is C27H34N2O6. The summed E-state index contributed by atoms with van der Waals surface area (Å²) in [7, 11) is 0. The average molecular weight is 483 g/mol. The van der Waals surface area contributed by atoms with Crippen LogP contribution < -0.4 is 10.6 Å². The number of hydrogen-bond acceptors (Lipinski definition) is 5. The van der Waals surface area contributed by atoms with Crippen molar-refractivity contribution in [3.8, 4) is 11.1 Å². The van der Waals surface area contributed by atoms with Gasteiger partial charge in [0.05, 0.1) is 12.5 Å². The number of carboxylic acid groups (broad SMARTS) is 1. The monoisotopic (exact) mass is 482 g/mol. The van der Waals surface area contributed by atoms with Gasteiger partial charge in [-0.05, 0) is 34.1 Å². The Labute approximate surface area is 206 Å². The molecular weight excluding hydrogens is 448 g/mol. The predicted molar refractivity (Wildman–Crippen MR) is 132 cm³/mol. The quantitative estimate of drug-likeness (QED) is 0.420. The van der Waals surface area contributed by atoms with E-state index in [4.69, 9.17) is 9.47 Å². The molecule has 0 aromatic heterocycles. The van der Waals surface area contributed by atoms with E-state index in [1.54, 1.807) is 0 Å². The lowest BCUT2D eigenvalue weighted by molar-refractivity contribution is -0.142. The van der Waals surface area contributed by atoms with Crippen LogP contribution in [0.3, 0.4) is 0 Å². The smallest absolute Gasteiger partial charge is 0.407 e. The van der Waals surface area contributed by atoms with Crippen molar-refractivity contribution in [2.24, 2.45) is 11.3 Å². The number of benzene rings is 2. The van der Waals surface area contributed by atoms with E-state index in [0.717, 1.165) is 22.3 Å². The maximum atomic E-state index is 12.2. The zero-order chi connectivity index (χ0) is 25.4. The van der Waals surface area contributed by atoms with Crippen LogP contribution in [0.2, 0.25) is 0 Å². The highest BCUT2D eigenvalue weighted by Crippen LogP contribution is 2.44. The van der Waals surface area contributed by atoms with Crippen molar-refractivity contribution in [1.29, 1.82) is 0 Å². The van der Waals surface area contributed by atoms with Gasteiger partial charge in [0.15, 0.2) is 0 Å². The Morgan fingerprint density at radius 1 is 0.971 bits per heavy atom. The van der Waals surface area contributed by atoms with Crippen molar-refractivity contribution < 1.29 is 29.0 Å². The van der Waals surface area contributed by atoms with Crippen molar-refractivity contribution in [2.45, 2.75) is 33.1 Å². The number of carboxylic acids is 1. The minimum Gasteiger partial charge on any atom is -0.481 e. The second-order valence-electron chi connectivity index (χ2n) is 9.91. The molecule has 3 N–H and O–H groups in total. The minimum absolute atomic E-state index is 0.0130. The molecule has 0 heterocycles. The highest BCUT2D eigenvalue weighted by Gasteiger charge is 2.29. The molecule has 3 rings (SSSR count). The van der Waals surface area contributed by atoms with Crippen LogP contribution in [-0.4, -0.2) is 56.0 Å². The van der Waals surface area contributed by atoms with Crippen LogP contribution in [-0.2, 0) is 19.1 Å². The molecule has 35 heavy (non-hydrogen) atoms. The number of fused-ring (bicyclic) bond motifs is 3. The van der Waals surface area contributed by atoms with E-state index in [1.165, 1.54) is 0 Å². The number of hydrogen-bond donors (Lipinski definition) is 3. The second kappa shape index (κ2) is 11.8. The Morgan fingerprint density at radius 2 is 1.57 bits per heavy atom. The number of amides is 2. The molecule has 0 radical (unpaired) electrons. The highest BCUT2D eigenvalue weighted by atomic mass is 16.5. The zero-order valence-electron chi connectivity index (χ0n) is 20.5. The molecule has 1 unspecified atom stereocenters. The van der Waals surface area contributed by atoms with Crippen LogP contribution in [0.1, 0.15) is 44.2 Å². The number of rotatable bonds is 11. The third-order valence-electron chi connectivity index (χ3n) is 5.85. The van der Waals surface area contributed by atoms with Gasteiger partial charge in [0.1, 0.15) is 13.2 Å². The summed E-state index contributed by atoms with van der Waals surface area (Å²) in [6.45, 7) is 6.24. The van der Waals surface area contributed by atoms with Gasteiger partial charge in [-0.15, -0.1) is 0 Å². The molecule has 0 spiro atoms. The molecule has 2 aromatic carbocycles. The summed E-state index contributed by atoms with van der Waals surface area (Å²) in [6.07, 6.45) is -0.0977. The van der Waals surface area contributed by atoms with Gasteiger partial charge >= 0.3 is 12.1 Å². The molecule has 2 amide bonds. The average Bonchev–Trinajstić information content (AvgIpc) is 3.13. The van der Waals surface area contributed by atoms with Gasteiger partial charge in [-0.3, -0.25) is 9.59 Å². The van der Waals surface area contributed by atoms with Crippen LogP contribution in [0.4, 0.5) is 4.79 Å². The first-order valence-electron chi connectivity index (χ1n) is 11.8. The molecule has 0 aliphatic heterocycles. The predicted octanol–water partition coefficient (Wildman–Crippen LogP) is 3.79. The van der Waals surface area contributed by atoms with Gasteiger partial charge < -0.3 is 25.2 Å². The number of carbonyl (C=O) groups is 3. The molecule has 0 saturated heterocycles. The molecule has 0 saturated carbocycles. The SMILES string of the molecule is CC(C)(C)CC(CNC(=O)COCCNC(=O)OCC1c2ccccc2-c2ccccc21)C(=O)O. The number of nitrogens with one attached hydrogen (secondary N) is 2. The molecule has 1 atom stereocenters. The first-order valence-corrected chi connectivity index (χ1v) is 11.8. The van der Waals surface area contributed by atoms with E-state index < -0.39 is 23.9 Å². The summed E-state index contributed by atoms with van der Waals surface area (Å²) in [4.78, 5) is 35.5. The fourth-order valence-corrected chi connectivity index (χ4v) is 4.31. The second-order valence-corrected chi connectivity index (χ2v) is 9.91. The summed E-state index contributed by atoms with van der Waals surface area (Å²) in [5.74, 6) is -2.00. The largest absolute Gasteiger partial charge is 0.481 e. The third kappa shape index (κ3) is 7.55. The van der Waals surface area contributed by atoms with Gasteiger partial charge in [-0.25, -0.2) is 4.79 Å². The Morgan fingerprint density at radius 3 is 2.14 bits per heavy atom. The number of aliphatic carboxylic acids is 1. The van der Waals surface area contributed by atoms with Crippen molar-refractivity contribution in [1.82, 2.24) is 10.6 Å². The molecule has 1 aliphatic carbocycles. The summed E-state index contributed by atoms with van der Waals surface area (Å²) in [5.41, 5.74) is 4.45. The number of carbonyl (C=O) groups excluding carboxylic acids is 2. The molecule has 0 fully saturated rings. The van der Waals surface area contributed by atoms with Crippen LogP contribution in [0, 0.1) is 11.3 Å². The minimum atomic E-state index is -0.937. The van der Waals surface area contributed by atoms with Crippen molar-refractivity contribution in [3.63, 3.8) is 0 Å². The molecule has 8 nitrogen and oxygen atoms in total. The van der Waals surface area contributed by atoms with E-state index in [2.05, 4.69) is 34.9 Å². The summed E-state index contributed by atoms with van der Waals surface area (Å²) >= 11 is 0. The van der Waals surface area contributed by atoms with Gasteiger partial charge in [0.2, 0.25) is 5.91 Å². The first-order chi connectivity index (χ1) is 16.7. The Bertz CT molecular complexity index is 1000. The van der Waals surface area contributed by atoms with E-state index in [0.29, 0.717) is 6.42 Å². The lowest BCUT2D eigenvalue weighted by atomic mass is 9.84. The maximum Gasteiger partial charge on any atom is 0.407 e. The summed E-state index contributed by atoms with van der Waals surface area (Å²) in [6, 6.07) is 16.2. The number of ether oxygens (including phenoxy) is 2. The number of alkyl carbamates (subject to hydrolysis) is 1. The Kier molecular flexibility index (Phi) is 8.87. The summed E-state index contributed by atoms with van der Waals surface area (Å²) in [5, 5.41) is 14.5. The molecule has 0 bridgehead atoms. The molecule has 188 valence electrons. The third-order valence-corrected chi connectivity index (χ3v) is 5.85. The van der Waals surface area contributed by atoms with Gasteiger partial charge in [-0.1, -0.05) is 69.3 Å². The van der Waals surface area contributed by atoms with Crippen LogP contribution in [0.15, 0.2) is 48.5 Å². The first kappa shape index (κ1) is 26.2. The molecule has 1 aliphatic rings. The Hall–Kier alpha value is -3.39. The standard InChI is InChI=1S/C27H34N2O6/c1-27(2,3)14-18(25(31)32)15-29-24(30)17-34-13-12-28-26(33)35-16-23-21-10-6-4-8-19(21)20-9-5-7-11-22(20)23/h4-11,18,23H,12-17H2,1-3H3,(H,28,33)(H,29,30)(H,31,32). The summed E-state index contributed by atoms with van der Waals surface area (Å²) < 4.78 is 10.7. The van der Waals surface area contributed by atoms with Gasteiger partial charge in [0.25, 0.3) is 0 Å². The highest BCUT2D eigenvalue weighted by molar-refractivity contribution is 5.79. The van der Waals surface area contributed by atoms with Crippen LogP contribution in [0.5, 0.6) is 0 Å².